The largest absolute Gasteiger partial charge is 0.250 e. The molecule has 1 aliphatic rings. The highest BCUT2D eigenvalue weighted by atomic mass is 35.5. The number of hydrogen-bond donors (Lipinski definition) is 0. The predicted molar refractivity (Wildman–Crippen MR) is 72.3 cm³/mol. The molecule has 17 heavy (non-hydrogen) atoms. The van der Waals surface area contributed by atoms with Gasteiger partial charge in [0.1, 0.15) is 4.87 Å². The first-order valence-electron chi connectivity index (χ1n) is 5.62. The smallest absolute Gasteiger partial charge is 0.111 e. The van der Waals surface area contributed by atoms with E-state index >= 15 is 0 Å². The van der Waals surface area contributed by atoms with E-state index in [1.165, 1.54) is 0 Å². The van der Waals surface area contributed by atoms with Gasteiger partial charge in [-0.15, -0.1) is 11.6 Å². The van der Waals surface area contributed by atoms with Crippen LogP contribution in [0.5, 0.6) is 0 Å². The second-order valence-electron chi connectivity index (χ2n) is 4.35. The van der Waals surface area contributed by atoms with Crippen molar-refractivity contribution < 1.29 is 0 Å². The molecule has 0 spiro atoms. The van der Waals surface area contributed by atoms with Crippen molar-refractivity contribution in [2.24, 2.45) is 4.99 Å². The maximum Gasteiger partial charge on any atom is 0.111 e. The van der Waals surface area contributed by atoms with Gasteiger partial charge >= 0.3 is 0 Å². The van der Waals surface area contributed by atoms with Crippen LogP contribution in [0.2, 0.25) is 0 Å². The lowest BCUT2D eigenvalue weighted by molar-refractivity contribution is 0.946. The third-order valence-corrected chi connectivity index (χ3v) is 3.52. The first-order valence-corrected chi connectivity index (χ1v) is 6.00. The molecule has 0 saturated heterocycles. The molecule has 3 rings (SSSR count). The maximum atomic E-state index is 6.67. The van der Waals surface area contributed by atoms with Crippen LogP contribution in [0, 0.1) is 0 Å². The number of hydrogen-bond acceptors (Lipinski definition) is 1. The molecule has 0 saturated carbocycles. The molecule has 0 amide bonds. The average Bonchev–Trinajstić information content (AvgIpc) is 2.63. The Kier molecular flexibility index (Phi) is 2.30. The molecule has 0 aliphatic carbocycles. The van der Waals surface area contributed by atoms with Crippen LogP contribution in [-0.2, 0) is 4.87 Å². The highest BCUT2D eigenvalue weighted by Crippen LogP contribution is 2.44. The van der Waals surface area contributed by atoms with Gasteiger partial charge in [-0.2, -0.15) is 0 Å². The summed E-state index contributed by atoms with van der Waals surface area (Å²) >= 11 is 6.67. The molecule has 0 aromatic heterocycles. The van der Waals surface area contributed by atoms with Crippen molar-refractivity contribution in [2.75, 3.05) is 0 Å². The Bertz CT molecular complexity index is 585. The molecule has 0 N–H and O–H groups in total. The summed E-state index contributed by atoms with van der Waals surface area (Å²) in [6, 6.07) is 18.1. The Morgan fingerprint density at radius 2 is 1.59 bits per heavy atom. The summed E-state index contributed by atoms with van der Waals surface area (Å²) < 4.78 is 0. The summed E-state index contributed by atoms with van der Waals surface area (Å²) in [4.78, 5) is 4.13. The number of para-hydroxylation sites is 1. The van der Waals surface area contributed by atoms with E-state index in [0.29, 0.717) is 0 Å². The van der Waals surface area contributed by atoms with Gasteiger partial charge in [0.2, 0.25) is 0 Å². The summed E-state index contributed by atoms with van der Waals surface area (Å²) in [6.45, 7) is 2.01. The SMILES string of the molecule is CC1(Cl)C(c2ccccc2)=Nc2ccccc21. The van der Waals surface area contributed by atoms with Crippen molar-refractivity contribution in [1.82, 2.24) is 0 Å². The number of benzene rings is 2. The molecule has 2 aromatic carbocycles. The molecule has 84 valence electrons. The van der Waals surface area contributed by atoms with Crippen molar-refractivity contribution in [2.45, 2.75) is 11.8 Å². The molecular formula is C15H12ClN. The van der Waals surface area contributed by atoms with Crippen LogP contribution in [-0.4, -0.2) is 5.71 Å². The van der Waals surface area contributed by atoms with Crippen molar-refractivity contribution in [3.63, 3.8) is 0 Å². The van der Waals surface area contributed by atoms with Crippen LogP contribution in [0.15, 0.2) is 59.6 Å². The lowest BCUT2D eigenvalue weighted by Crippen LogP contribution is -2.23. The Morgan fingerprint density at radius 3 is 2.29 bits per heavy atom. The van der Waals surface area contributed by atoms with Gasteiger partial charge in [-0.05, 0) is 18.6 Å². The predicted octanol–water partition coefficient (Wildman–Crippen LogP) is 4.28. The molecule has 1 aliphatic heterocycles. The van der Waals surface area contributed by atoms with Crippen LogP contribution in [0.1, 0.15) is 18.1 Å². The number of aliphatic imine (C=N–C) groups is 1. The van der Waals surface area contributed by atoms with Gasteiger partial charge in [0.15, 0.2) is 0 Å². The van der Waals surface area contributed by atoms with E-state index in [1.54, 1.807) is 0 Å². The van der Waals surface area contributed by atoms with Crippen LogP contribution in [0.25, 0.3) is 0 Å². The zero-order valence-electron chi connectivity index (χ0n) is 9.52. The molecule has 1 nitrogen and oxygen atoms in total. The van der Waals surface area contributed by atoms with E-state index in [2.05, 4.69) is 4.99 Å². The first-order chi connectivity index (χ1) is 8.19. The van der Waals surface area contributed by atoms with Gasteiger partial charge in [0, 0.05) is 5.56 Å². The van der Waals surface area contributed by atoms with Gasteiger partial charge in [-0.25, -0.2) is 0 Å². The Hall–Kier alpha value is -1.60. The molecule has 2 aromatic rings. The number of fused-ring (bicyclic) bond motifs is 1. The van der Waals surface area contributed by atoms with Crippen molar-refractivity contribution in [3.05, 3.63) is 65.7 Å². The van der Waals surface area contributed by atoms with E-state index in [9.17, 15) is 0 Å². The minimum Gasteiger partial charge on any atom is -0.250 e. The second kappa shape index (κ2) is 3.71. The van der Waals surface area contributed by atoms with Crippen LogP contribution >= 0.6 is 11.6 Å². The molecule has 0 bridgehead atoms. The molecule has 1 atom stereocenters. The van der Waals surface area contributed by atoms with E-state index in [-0.39, 0.29) is 0 Å². The van der Waals surface area contributed by atoms with Gasteiger partial charge in [0.25, 0.3) is 0 Å². The zero-order chi connectivity index (χ0) is 11.9. The Morgan fingerprint density at radius 1 is 0.941 bits per heavy atom. The fourth-order valence-electron chi connectivity index (χ4n) is 2.25. The lowest BCUT2D eigenvalue weighted by atomic mass is 9.93. The quantitative estimate of drug-likeness (QED) is 0.661. The summed E-state index contributed by atoms with van der Waals surface area (Å²) in [6.07, 6.45) is 0. The van der Waals surface area contributed by atoms with Gasteiger partial charge in [-0.3, -0.25) is 4.99 Å². The molecule has 2 heteroatoms. The third kappa shape index (κ3) is 1.58. The van der Waals surface area contributed by atoms with E-state index in [4.69, 9.17) is 11.6 Å². The fourth-order valence-corrected chi connectivity index (χ4v) is 2.56. The summed E-state index contributed by atoms with van der Waals surface area (Å²) in [5, 5.41) is 0. The Balaban J connectivity index is 2.17. The number of rotatable bonds is 1. The van der Waals surface area contributed by atoms with Crippen LogP contribution < -0.4 is 0 Å². The minimum atomic E-state index is -0.530. The van der Waals surface area contributed by atoms with E-state index < -0.39 is 4.87 Å². The third-order valence-electron chi connectivity index (χ3n) is 3.13. The summed E-state index contributed by atoms with van der Waals surface area (Å²) in [5.41, 5.74) is 4.08. The van der Waals surface area contributed by atoms with Crippen molar-refractivity contribution in [1.29, 1.82) is 0 Å². The topological polar surface area (TPSA) is 12.4 Å². The van der Waals surface area contributed by atoms with Crippen LogP contribution in [0.3, 0.4) is 0 Å². The fraction of sp³-hybridized carbons (Fsp3) is 0.133. The van der Waals surface area contributed by atoms with Gasteiger partial charge in [0.05, 0.1) is 11.4 Å². The second-order valence-corrected chi connectivity index (χ2v) is 5.10. The number of halogens is 1. The highest BCUT2D eigenvalue weighted by molar-refractivity contribution is 6.40. The minimum absolute atomic E-state index is 0.530. The average molecular weight is 242 g/mol. The normalized spacial score (nSPS) is 22.1. The summed E-state index contributed by atoms with van der Waals surface area (Å²) in [5.74, 6) is 0. The van der Waals surface area contributed by atoms with Gasteiger partial charge in [-0.1, -0.05) is 48.5 Å². The first kappa shape index (κ1) is 10.5. The Labute approximate surface area is 106 Å². The van der Waals surface area contributed by atoms with Crippen molar-refractivity contribution in [3.8, 4) is 0 Å². The summed E-state index contributed by atoms with van der Waals surface area (Å²) in [7, 11) is 0. The number of nitrogens with zero attached hydrogens (tertiary/aromatic N) is 1. The van der Waals surface area contributed by atoms with E-state index in [1.807, 2.05) is 61.5 Å². The van der Waals surface area contributed by atoms with Gasteiger partial charge < -0.3 is 0 Å². The molecule has 0 radical (unpaired) electrons. The van der Waals surface area contributed by atoms with Crippen molar-refractivity contribution >= 4 is 23.0 Å². The molecule has 1 unspecified atom stereocenters. The van der Waals surface area contributed by atoms with Crippen LogP contribution in [0.4, 0.5) is 5.69 Å². The lowest BCUT2D eigenvalue weighted by Gasteiger charge is -2.19. The molecular weight excluding hydrogens is 230 g/mol. The molecule has 1 heterocycles. The standard InChI is InChI=1S/C15H12ClN/c1-15(16)12-9-5-6-10-13(12)17-14(15)11-7-3-2-4-8-11/h2-10H,1H3. The molecule has 0 fully saturated rings. The number of alkyl halides is 1. The zero-order valence-corrected chi connectivity index (χ0v) is 10.3. The van der Waals surface area contributed by atoms with E-state index in [0.717, 1.165) is 22.5 Å². The maximum absolute atomic E-state index is 6.67. The highest BCUT2D eigenvalue weighted by Gasteiger charge is 2.37. The monoisotopic (exact) mass is 241 g/mol.